The molecule has 0 amide bonds. The Kier molecular flexibility index (Phi) is 2.32. The molecule has 0 spiro atoms. The molecule has 0 aliphatic heterocycles. The highest BCUT2D eigenvalue weighted by atomic mass is 35.5. The Labute approximate surface area is 93.3 Å². The van der Waals surface area contributed by atoms with Gasteiger partial charge in [0.2, 0.25) is 0 Å². The number of hydrogen-bond donors (Lipinski definition) is 2. The van der Waals surface area contributed by atoms with E-state index in [-0.39, 0.29) is 10.8 Å². The Hall–Kier alpha value is -0.930. The Morgan fingerprint density at radius 2 is 2.07 bits per heavy atom. The smallest absolute Gasteiger partial charge is 0.177 e. The topological polar surface area (TPSA) is 49.7 Å². The molecule has 0 atom stereocenters. The van der Waals surface area contributed by atoms with E-state index in [2.05, 4.69) is 0 Å². The maximum absolute atomic E-state index is 10.0. The number of aliphatic hydroxyl groups is 1. The maximum atomic E-state index is 10.0. The molecular formula is C11H13ClO3. The van der Waals surface area contributed by atoms with Gasteiger partial charge >= 0.3 is 0 Å². The summed E-state index contributed by atoms with van der Waals surface area (Å²) in [5, 5.41) is 19.9. The molecule has 15 heavy (non-hydrogen) atoms. The van der Waals surface area contributed by atoms with Gasteiger partial charge in [0.25, 0.3) is 0 Å². The van der Waals surface area contributed by atoms with Gasteiger partial charge in [0.15, 0.2) is 11.5 Å². The summed E-state index contributed by atoms with van der Waals surface area (Å²) in [5.74, 6) is 0.241. The Morgan fingerprint density at radius 1 is 1.47 bits per heavy atom. The SMILES string of the molecule is COc1cc(C)c(C2(O)CC2)c(Cl)c1O. The van der Waals surface area contributed by atoms with E-state index in [1.54, 1.807) is 6.07 Å². The molecule has 3 nitrogen and oxygen atoms in total. The van der Waals surface area contributed by atoms with Crippen LogP contribution in [0, 0.1) is 6.92 Å². The number of phenols is 1. The molecule has 1 saturated carbocycles. The quantitative estimate of drug-likeness (QED) is 0.817. The molecular weight excluding hydrogens is 216 g/mol. The summed E-state index contributed by atoms with van der Waals surface area (Å²) in [5.41, 5.74) is 0.627. The second-order valence-corrected chi connectivity index (χ2v) is 4.34. The van der Waals surface area contributed by atoms with Crippen molar-refractivity contribution >= 4 is 11.6 Å². The number of phenolic OH excluding ortho intramolecular Hbond substituents is 1. The van der Waals surface area contributed by atoms with E-state index >= 15 is 0 Å². The van der Waals surface area contributed by atoms with E-state index in [1.807, 2.05) is 6.92 Å². The number of rotatable bonds is 2. The number of aryl methyl sites for hydroxylation is 1. The average Bonchev–Trinajstić information content (AvgIpc) is 2.91. The van der Waals surface area contributed by atoms with Crippen LogP contribution in [0.3, 0.4) is 0 Å². The van der Waals surface area contributed by atoms with Gasteiger partial charge in [-0.25, -0.2) is 0 Å². The lowest BCUT2D eigenvalue weighted by atomic mass is 10.0. The van der Waals surface area contributed by atoms with Crippen LogP contribution in [0.4, 0.5) is 0 Å². The van der Waals surface area contributed by atoms with E-state index in [0.717, 1.165) is 5.56 Å². The largest absolute Gasteiger partial charge is 0.503 e. The molecule has 1 aliphatic rings. The maximum Gasteiger partial charge on any atom is 0.177 e. The van der Waals surface area contributed by atoms with Crippen LogP contribution in [0.25, 0.3) is 0 Å². The summed E-state index contributed by atoms with van der Waals surface area (Å²) >= 11 is 6.02. The predicted octanol–water partition coefficient (Wildman–Crippen LogP) is 2.34. The van der Waals surface area contributed by atoms with E-state index in [9.17, 15) is 10.2 Å². The molecule has 0 heterocycles. The molecule has 0 radical (unpaired) electrons. The lowest BCUT2D eigenvalue weighted by Crippen LogP contribution is -2.08. The fraction of sp³-hybridized carbons (Fsp3) is 0.455. The van der Waals surface area contributed by atoms with Crippen LogP contribution in [0.1, 0.15) is 24.0 Å². The van der Waals surface area contributed by atoms with E-state index in [0.29, 0.717) is 24.2 Å². The predicted molar refractivity (Wildman–Crippen MR) is 57.5 cm³/mol. The number of methoxy groups -OCH3 is 1. The van der Waals surface area contributed by atoms with Crippen molar-refractivity contribution in [2.75, 3.05) is 7.11 Å². The lowest BCUT2D eigenvalue weighted by molar-refractivity contribution is 0.150. The third-order valence-electron chi connectivity index (χ3n) is 2.81. The van der Waals surface area contributed by atoms with Gasteiger partial charge in [-0.1, -0.05) is 11.6 Å². The minimum atomic E-state index is -0.842. The third kappa shape index (κ3) is 1.56. The van der Waals surface area contributed by atoms with Crippen molar-refractivity contribution in [3.63, 3.8) is 0 Å². The molecule has 0 saturated heterocycles. The summed E-state index contributed by atoms with van der Waals surface area (Å²) in [4.78, 5) is 0. The second-order valence-electron chi connectivity index (χ2n) is 3.96. The molecule has 1 aliphatic carbocycles. The normalized spacial score (nSPS) is 17.6. The van der Waals surface area contributed by atoms with E-state index in [1.165, 1.54) is 7.11 Å². The molecule has 2 N–H and O–H groups in total. The minimum absolute atomic E-state index is 0.0971. The van der Waals surface area contributed by atoms with Gasteiger partial charge in [-0.15, -0.1) is 0 Å². The zero-order chi connectivity index (χ0) is 11.2. The molecule has 0 aromatic heterocycles. The van der Waals surface area contributed by atoms with Gasteiger partial charge in [-0.3, -0.25) is 0 Å². The zero-order valence-electron chi connectivity index (χ0n) is 8.67. The second kappa shape index (κ2) is 3.29. The van der Waals surface area contributed by atoms with Crippen LogP contribution in [-0.2, 0) is 5.60 Å². The van der Waals surface area contributed by atoms with Crippen LogP contribution in [0.5, 0.6) is 11.5 Å². The van der Waals surface area contributed by atoms with Crippen molar-refractivity contribution in [1.82, 2.24) is 0 Å². The zero-order valence-corrected chi connectivity index (χ0v) is 9.43. The van der Waals surface area contributed by atoms with Crippen LogP contribution in [0.15, 0.2) is 6.07 Å². The number of hydrogen-bond acceptors (Lipinski definition) is 3. The first-order valence-corrected chi connectivity index (χ1v) is 5.16. The molecule has 1 fully saturated rings. The van der Waals surface area contributed by atoms with Crippen molar-refractivity contribution in [1.29, 1.82) is 0 Å². The van der Waals surface area contributed by atoms with Crippen molar-refractivity contribution in [2.24, 2.45) is 0 Å². The number of benzene rings is 1. The average molecular weight is 229 g/mol. The molecule has 0 bridgehead atoms. The fourth-order valence-electron chi connectivity index (χ4n) is 1.83. The lowest BCUT2D eigenvalue weighted by Gasteiger charge is -2.16. The van der Waals surface area contributed by atoms with Gasteiger partial charge in [0, 0.05) is 5.56 Å². The Bertz CT molecular complexity index is 411. The monoisotopic (exact) mass is 228 g/mol. The first kappa shape index (κ1) is 10.6. The van der Waals surface area contributed by atoms with Crippen LogP contribution < -0.4 is 4.74 Å². The Balaban J connectivity index is 2.61. The van der Waals surface area contributed by atoms with Crippen LogP contribution in [-0.4, -0.2) is 17.3 Å². The van der Waals surface area contributed by atoms with Gasteiger partial charge in [-0.2, -0.15) is 0 Å². The fourth-order valence-corrected chi connectivity index (χ4v) is 2.25. The number of ether oxygens (including phenoxy) is 1. The highest BCUT2D eigenvalue weighted by Crippen LogP contribution is 2.52. The van der Waals surface area contributed by atoms with E-state index in [4.69, 9.17) is 16.3 Å². The third-order valence-corrected chi connectivity index (χ3v) is 3.18. The van der Waals surface area contributed by atoms with Gasteiger partial charge in [-0.05, 0) is 31.4 Å². The molecule has 2 rings (SSSR count). The van der Waals surface area contributed by atoms with Crippen LogP contribution in [0.2, 0.25) is 5.02 Å². The summed E-state index contributed by atoms with van der Waals surface area (Å²) in [6.07, 6.45) is 1.39. The standard InChI is InChI=1S/C11H13ClO3/c1-6-5-7(15-2)10(13)9(12)8(6)11(14)3-4-11/h5,13-14H,3-4H2,1-2H3. The summed E-state index contributed by atoms with van der Waals surface area (Å²) < 4.78 is 4.98. The first-order chi connectivity index (χ1) is 6.99. The summed E-state index contributed by atoms with van der Waals surface area (Å²) in [6, 6.07) is 1.69. The van der Waals surface area contributed by atoms with Crippen molar-refractivity contribution in [3.8, 4) is 11.5 Å². The van der Waals surface area contributed by atoms with Crippen molar-refractivity contribution in [2.45, 2.75) is 25.4 Å². The molecule has 82 valence electrons. The van der Waals surface area contributed by atoms with Gasteiger partial charge in [0.1, 0.15) is 0 Å². The van der Waals surface area contributed by atoms with E-state index < -0.39 is 5.60 Å². The highest BCUT2D eigenvalue weighted by molar-refractivity contribution is 6.33. The molecule has 0 unspecified atom stereocenters. The highest BCUT2D eigenvalue weighted by Gasteiger charge is 2.45. The summed E-state index contributed by atoms with van der Waals surface area (Å²) in [6.45, 7) is 1.85. The Morgan fingerprint density at radius 3 is 2.53 bits per heavy atom. The molecule has 1 aromatic carbocycles. The number of aromatic hydroxyl groups is 1. The number of halogens is 1. The van der Waals surface area contributed by atoms with Gasteiger partial charge < -0.3 is 14.9 Å². The molecule has 1 aromatic rings. The van der Waals surface area contributed by atoms with Crippen LogP contribution >= 0.6 is 11.6 Å². The molecule has 4 heteroatoms. The van der Waals surface area contributed by atoms with Crippen molar-refractivity contribution in [3.05, 3.63) is 22.2 Å². The minimum Gasteiger partial charge on any atom is -0.503 e. The van der Waals surface area contributed by atoms with Gasteiger partial charge in [0.05, 0.1) is 17.7 Å². The first-order valence-electron chi connectivity index (χ1n) is 4.78. The summed E-state index contributed by atoms with van der Waals surface area (Å²) in [7, 11) is 1.47. The van der Waals surface area contributed by atoms with Crippen molar-refractivity contribution < 1.29 is 14.9 Å².